The van der Waals surface area contributed by atoms with E-state index in [4.69, 9.17) is 0 Å². The Kier molecular flexibility index (Phi) is 4.18. The molecule has 2 saturated heterocycles. The molecule has 5 rings (SSSR count). The fourth-order valence-electron chi connectivity index (χ4n) is 5.10. The zero-order valence-electron chi connectivity index (χ0n) is 15.5. The van der Waals surface area contributed by atoms with Crippen molar-refractivity contribution in [2.24, 2.45) is 0 Å². The van der Waals surface area contributed by atoms with Gasteiger partial charge in [-0.2, -0.15) is 0 Å². The number of rotatable bonds is 4. The maximum atomic E-state index is 10.8. The summed E-state index contributed by atoms with van der Waals surface area (Å²) in [6, 6.07) is 9.03. The van der Waals surface area contributed by atoms with Crippen LogP contribution in [0.1, 0.15) is 25.7 Å². The van der Waals surface area contributed by atoms with Crippen molar-refractivity contribution in [3.05, 3.63) is 30.5 Å². The van der Waals surface area contributed by atoms with Gasteiger partial charge in [-0.25, -0.2) is 0 Å². The molecule has 1 aromatic carbocycles. The van der Waals surface area contributed by atoms with Crippen LogP contribution in [-0.4, -0.2) is 70.3 Å². The fraction of sp³-hybridized carbons (Fsp3) is 0.619. The number of hydrogen-bond donors (Lipinski definition) is 2. The highest BCUT2D eigenvalue weighted by Crippen LogP contribution is 2.35. The van der Waals surface area contributed by atoms with Crippen molar-refractivity contribution >= 4 is 10.8 Å². The van der Waals surface area contributed by atoms with E-state index in [1.165, 1.54) is 25.9 Å². The van der Waals surface area contributed by atoms with E-state index in [2.05, 4.69) is 31.9 Å². The minimum absolute atomic E-state index is 0.160. The summed E-state index contributed by atoms with van der Waals surface area (Å²) in [6.45, 7) is 7.78. The number of aromatic hydroxyl groups is 1. The lowest BCUT2D eigenvalue weighted by Gasteiger charge is -2.50. The molecule has 0 unspecified atom stereocenters. The molecule has 0 atom stereocenters. The fourth-order valence-corrected chi connectivity index (χ4v) is 5.10. The van der Waals surface area contributed by atoms with Crippen molar-refractivity contribution in [2.45, 2.75) is 43.8 Å². The molecule has 0 amide bonds. The van der Waals surface area contributed by atoms with Crippen LogP contribution in [0, 0.1) is 0 Å². The summed E-state index contributed by atoms with van der Waals surface area (Å²) < 4.78 is 2.10. The number of fused-ring (bicyclic) bond motifs is 1. The van der Waals surface area contributed by atoms with Gasteiger partial charge in [0, 0.05) is 61.3 Å². The smallest absolute Gasteiger partial charge is 0.199 e. The average molecular weight is 354 g/mol. The lowest BCUT2D eigenvalue weighted by molar-refractivity contribution is -0.00207. The molecule has 3 heterocycles. The second kappa shape index (κ2) is 6.55. The summed E-state index contributed by atoms with van der Waals surface area (Å²) in [7, 11) is 0. The molecule has 5 nitrogen and oxygen atoms in total. The Balaban J connectivity index is 1.40. The van der Waals surface area contributed by atoms with Gasteiger partial charge in [0.25, 0.3) is 0 Å². The summed E-state index contributed by atoms with van der Waals surface area (Å²) >= 11 is 0. The topological polar surface area (TPSA) is 43.7 Å². The van der Waals surface area contributed by atoms with E-state index in [1.54, 1.807) is 0 Å². The van der Waals surface area contributed by atoms with Gasteiger partial charge in [0.05, 0.1) is 0 Å². The number of aromatic nitrogens is 1. The molecule has 0 spiro atoms. The van der Waals surface area contributed by atoms with Crippen LogP contribution >= 0.6 is 0 Å². The number of benzene rings is 1. The van der Waals surface area contributed by atoms with Gasteiger partial charge in [-0.15, -0.1) is 0 Å². The molecular formula is C21H30N4O. The number of nitrogens with zero attached hydrogens (tertiary/aromatic N) is 3. The molecule has 3 aliphatic rings. The molecule has 0 radical (unpaired) electrons. The molecule has 140 valence electrons. The third kappa shape index (κ3) is 2.92. The zero-order valence-corrected chi connectivity index (χ0v) is 15.5. The van der Waals surface area contributed by atoms with E-state index in [0.29, 0.717) is 5.88 Å². The number of hydrogen-bond acceptors (Lipinski definition) is 4. The molecule has 0 bridgehead atoms. The molecule has 2 aromatic rings. The van der Waals surface area contributed by atoms with Gasteiger partial charge in [-0.05, 0) is 44.8 Å². The van der Waals surface area contributed by atoms with E-state index >= 15 is 0 Å². The van der Waals surface area contributed by atoms with Gasteiger partial charge in [0.1, 0.15) is 0 Å². The number of nitrogens with one attached hydrogen (secondary N) is 1. The first kappa shape index (κ1) is 16.6. The second-order valence-electron chi connectivity index (χ2n) is 8.40. The third-order valence-corrected chi connectivity index (χ3v) is 6.82. The predicted molar refractivity (Wildman–Crippen MR) is 105 cm³/mol. The second-order valence-corrected chi connectivity index (χ2v) is 8.40. The molecule has 2 aliphatic heterocycles. The monoisotopic (exact) mass is 354 g/mol. The Morgan fingerprint density at radius 2 is 1.77 bits per heavy atom. The standard InChI is InChI=1S/C21H30N4O/c26-20-19-4-2-1-3-17(19)15-24(20)16-21(7-9-22-10-8-21)25-13-11-23(12-14-25)18-5-6-18/h1-4,15,18,22,26H,5-14,16H2. The Morgan fingerprint density at radius 1 is 1.04 bits per heavy atom. The SMILES string of the molecule is Oc1c2ccccc2cn1CC1(N2CCN(C3CC3)CC2)CCNCC1. The van der Waals surface area contributed by atoms with Gasteiger partial charge in [-0.1, -0.05) is 18.2 Å². The molecular weight excluding hydrogens is 324 g/mol. The third-order valence-electron chi connectivity index (χ3n) is 6.82. The van der Waals surface area contributed by atoms with Gasteiger partial charge in [0.2, 0.25) is 0 Å². The maximum absolute atomic E-state index is 10.8. The maximum Gasteiger partial charge on any atom is 0.199 e. The van der Waals surface area contributed by atoms with Crippen LogP contribution in [0.3, 0.4) is 0 Å². The molecule has 5 heteroatoms. The van der Waals surface area contributed by atoms with E-state index in [1.807, 2.05) is 18.2 Å². The predicted octanol–water partition coefficient (Wildman–Crippen LogP) is 2.25. The van der Waals surface area contributed by atoms with Crippen LogP contribution in [-0.2, 0) is 6.54 Å². The Morgan fingerprint density at radius 3 is 2.46 bits per heavy atom. The van der Waals surface area contributed by atoms with Gasteiger partial charge in [0.15, 0.2) is 5.88 Å². The average Bonchev–Trinajstić information content (AvgIpc) is 3.49. The lowest BCUT2D eigenvalue weighted by atomic mass is 9.85. The van der Waals surface area contributed by atoms with Gasteiger partial charge < -0.3 is 15.0 Å². The van der Waals surface area contributed by atoms with Crippen molar-refractivity contribution in [1.29, 1.82) is 0 Å². The van der Waals surface area contributed by atoms with Crippen molar-refractivity contribution < 1.29 is 5.11 Å². The van der Waals surface area contributed by atoms with E-state index in [9.17, 15) is 5.11 Å². The van der Waals surface area contributed by atoms with E-state index in [-0.39, 0.29) is 5.54 Å². The van der Waals surface area contributed by atoms with Crippen LogP contribution in [0.5, 0.6) is 5.88 Å². The highest BCUT2D eigenvalue weighted by Gasteiger charge is 2.41. The lowest BCUT2D eigenvalue weighted by Crippen LogP contribution is -2.62. The van der Waals surface area contributed by atoms with Crippen LogP contribution in [0.25, 0.3) is 10.8 Å². The number of piperazine rings is 1. The van der Waals surface area contributed by atoms with Crippen molar-refractivity contribution in [3.63, 3.8) is 0 Å². The van der Waals surface area contributed by atoms with Crippen molar-refractivity contribution in [1.82, 2.24) is 19.7 Å². The molecule has 26 heavy (non-hydrogen) atoms. The quantitative estimate of drug-likeness (QED) is 0.884. The Bertz CT molecular complexity index is 767. The molecule has 3 fully saturated rings. The van der Waals surface area contributed by atoms with E-state index in [0.717, 1.165) is 62.4 Å². The Hall–Kier alpha value is -1.56. The first-order chi connectivity index (χ1) is 12.8. The summed E-state index contributed by atoms with van der Waals surface area (Å²) in [6.07, 6.45) is 7.25. The minimum Gasteiger partial charge on any atom is -0.494 e. The zero-order chi connectivity index (χ0) is 17.6. The van der Waals surface area contributed by atoms with Gasteiger partial charge >= 0.3 is 0 Å². The molecule has 1 saturated carbocycles. The minimum atomic E-state index is 0.160. The highest BCUT2D eigenvalue weighted by atomic mass is 16.3. The summed E-state index contributed by atoms with van der Waals surface area (Å²) in [5.74, 6) is 0.426. The van der Waals surface area contributed by atoms with Crippen LogP contribution in [0.4, 0.5) is 0 Å². The van der Waals surface area contributed by atoms with E-state index < -0.39 is 0 Å². The van der Waals surface area contributed by atoms with Crippen LogP contribution in [0.2, 0.25) is 0 Å². The van der Waals surface area contributed by atoms with Gasteiger partial charge in [-0.3, -0.25) is 9.80 Å². The summed E-state index contributed by atoms with van der Waals surface area (Å²) in [5.41, 5.74) is 0.160. The first-order valence-corrected chi connectivity index (χ1v) is 10.2. The summed E-state index contributed by atoms with van der Waals surface area (Å²) in [4.78, 5) is 5.42. The number of piperidine rings is 1. The first-order valence-electron chi connectivity index (χ1n) is 10.2. The van der Waals surface area contributed by atoms with Crippen LogP contribution < -0.4 is 5.32 Å². The van der Waals surface area contributed by atoms with Crippen molar-refractivity contribution in [3.8, 4) is 5.88 Å². The summed E-state index contributed by atoms with van der Waals surface area (Å²) in [5, 5.41) is 16.4. The molecule has 1 aliphatic carbocycles. The largest absolute Gasteiger partial charge is 0.494 e. The highest BCUT2D eigenvalue weighted by molar-refractivity contribution is 5.87. The molecule has 2 N–H and O–H groups in total. The van der Waals surface area contributed by atoms with Crippen molar-refractivity contribution in [2.75, 3.05) is 39.3 Å². The Labute approximate surface area is 155 Å². The van der Waals surface area contributed by atoms with Crippen LogP contribution in [0.15, 0.2) is 30.5 Å². The molecule has 1 aromatic heterocycles. The normalized spacial score (nSPS) is 24.9.